The van der Waals surface area contributed by atoms with Gasteiger partial charge in [0.25, 0.3) is 0 Å². The predicted octanol–water partition coefficient (Wildman–Crippen LogP) is 3.53. The van der Waals surface area contributed by atoms with E-state index < -0.39 is 5.82 Å². The molecule has 0 bridgehead atoms. The number of carbonyl (C=O) groups is 2. The van der Waals surface area contributed by atoms with Crippen LogP contribution in [0.2, 0.25) is 5.02 Å². The quantitative estimate of drug-likeness (QED) is 0.782. The Bertz CT molecular complexity index is 823. The summed E-state index contributed by atoms with van der Waals surface area (Å²) in [4.78, 5) is 24.0. The Balaban J connectivity index is 1.50. The molecule has 1 amide bonds. The van der Waals surface area contributed by atoms with Crippen molar-refractivity contribution >= 4 is 23.3 Å². The molecule has 0 radical (unpaired) electrons. The number of benzene rings is 2. The molecule has 0 aliphatic carbocycles. The summed E-state index contributed by atoms with van der Waals surface area (Å²) >= 11 is 6.16. The fourth-order valence-corrected chi connectivity index (χ4v) is 2.85. The first-order valence-electron chi connectivity index (χ1n) is 8.16. The topological polar surface area (TPSA) is 64.6 Å². The van der Waals surface area contributed by atoms with Crippen molar-refractivity contribution in [1.29, 1.82) is 0 Å². The lowest BCUT2D eigenvalue weighted by molar-refractivity contribution is -0.121. The summed E-state index contributed by atoms with van der Waals surface area (Å²) in [6.07, 6.45) is 0.105. The van der Waals surface area contributed by atoms with Gasteiger partial charge in [0.15, 0.2) is 17.3 Å². The average molecular weight is 378 g/mol. The van der Waals surface area contributed by atoms with Crippen LogP contribution in [0.3, 0.4) is 0 Å². The normalized spacial score (nSPS) is 12.5. The number of nitrogens with one attached hydrogen (secondary N) is 1. The number of halogens is 2. The van der Waals surface area contributed by atoms with Crippen LogP contribution in [-0.4, -0.2) is 24.9 Å². The van der Waals surface area contributed by atoms with Crippen LogP contribution in [0.1, 0.15) is 28.8 Å². The first-order chi connectivity index (χ1) is 12.5. The molecule has 0 saturated heterocycles. The molecule has 136 valence electrons. The highest BCUT2D eigenvalue weighted by atomic mass is 35.5. The molecular weight excluding hydrogens is 361 g/mol. The molecule has 1 aliphatic rings. The first kappa shape index (κ1) is 18.2. The second kappa shape index (κ2) is 8.19. The van der Waals surface area contributed by atoms with E-state index in [4.69, 9.17) is 21.1 Å². The van der Waals surface area contributed by atoms with E-state index in [2.05, 4.69) is 5.32 Å². The van der Waals surface area contributed by atoms with Crippen molar-refractivity contribution in [2.45, 2.75) is 19.4 Å². The zero-order valence-corrected chi connectivity index (χ0v) is 14.6. The van der Waals surface area contributed by atoms with Gasteiger partial charge in [0.2, 0.25) is 5.91 Å². The van der Waals surface area contributed by atoms with Crippen molar-refractivity contribution in [1.82, 2.24) is 5.32 Å². The van der Waals surface area contributed by atoms with E-state index in [0.29, 0.717) is 35.3 Å². The number of ether oxygens (including phenoxy) is 2. The second-order valence-corrected chi connectivity index (χ2v) is 6.22. The molecule has 7 heteroatoms. The lowest BCUT2D eigenvalue weighted by Crippen LogP contribution is -2.23. The van der Waals surface area contributed by atoms with Gasteiger partial charge < -0.3 is 14.8 Å². The van der Waals surface area contributed by atoms with Crippen LogP contribution in [0.25, 0.3) is 0 Å². The maximum absolute atomic E-state index is 12.9. The second-order valence-electron chi connectivity index (χ2n) is 5.81. The number of carbonyl (C=O) groups excluding carboxylic acids is 2. The maximum atomic E-state index is 12.9. The number of fused-ring (bicyclic) bond motifs is 1. The molecule has 0 aromatic heterocycles. The Morgan fingerprint density at radius 3 is 2.58 bits per heavy atom. The summed E-state index contributed by atoms with van der Waals surface area (Å²) in [5.74, 6) is 0.198. The van der Waals surface area contributed by atoms with Crippen LogP contribution in [0.5, 0.6) is 11.5 Å². The van der Waals surface area contributed by atoms with Crippen molar-refractivity contribution in [2.75, 3.05) is 13.2 Å². The van der Waals surface area contributed by atoms with Crippen molar-refractivity contribution in [3.05, 3.63) is 58.4 Å². The molecule has 2 aromatic rings. The van der Waals surface area contributed by atoms with Gasteiger partial charge in [0, 0.05) is 24.9 Å². The van der Waals surface area contributed by atoms with Crippen LogP contribution in [0, 0.1) is 5.82 Å². The highest BCUT2D eigenvalue weighted by molar-refractivity contribution is 6.32. The number of ketones is 1. The molecule has 3 rings (SSSR count). The van der Waals surface area contributed by atoms with E-state index in [1.807, 2.05) is 0 Å². The monoisotopic (exact) mass is 377 g/mol. The number of hydrogen-bond acceptors (Lipinski definition) is 4. The highest BCUT2D eigenvalue weighted by Crippen LogP contribution is 2.38. The summed E-state index contributed by atoms with van der Waals surface area (Å²) in [6, 6.07) is 8.74. The van der Waals surface area contributed by atoms with E-state index in [9.17, 15) is 14.0 Å². The zero-order valence-electron chi connectivity index (χ0n) is 13.9. The third kappa shape index (κ3) is 4.52. The van der Waals surface area contributed by atoms with Crippen molar-refractivity contribution < 1.29 is 23.5 Å². The van der Waals surface area contributed by atoms with E-state index in [1.54, 1.807) is 12.1 Å². The number of amides is 1. The van der Waals surface area contributed by atoms with Gasteiger partial charge in [-0.3, -0.25) is 9.59 Å². The fourth-order valence-electron chi connectivity index (χ4n) is 2.56. The van der Waals surface area contributed by atoms with Crippen molar-refractivity contribution in [2.24, 2.45) is 0 Å². The summed E-state index contributed by atoms with van der Waals surface area (Å²) in [5, 5.41) is 3.17. The van der Waals surface area contributed by atoms with Crippen LogP contribution < -0.4 is 14.8 Å². The van der Waals surface area contributed by atoms with Gasteiger partial charge in [-0.1, -0.05) is 11.6 Å². The summed E-state index contributed by atoms with van der Waals surface area (Å²) in [7, 11) is 0. The molecule has 26 heavy (non-hydrogen) atoms. The van der Waals surface area contributed by atoms with E-state index in [1.165, 1.54) is 24.3 Å². The summed E-state index contributed by atoms with van der Waals surface area (Å²) < 4.78 is 23.8. The Morgan fingerprint density at radius 1 is 1.08 bits per heavy atom. The molecular formula is C19H17ClFNO4. The van der Waals surface area contributed by atoms with E-state index >= 15 is 0 Å². The smallest absolute Gasteiger partial charge is 0.220 e. The Hall–Kier alpha value is -2.60. The van der Waals surface area contributed by atoms with Gasteiger partial charge in [0.05, 0.1) is 5.02 Å². The van der Waals surface area contributed by atoms with Gasteiger partial charge in [-0.25, -0.2) is 4.39 Å². The van der Waals surface area contributed by atoms with Gasteiger partial charge >= 0.3 is 0 Å². The minimum atomic E-state index is -0.405. The van der Waals surface area contributed by atoms with Crippen LogP contribution in [0.4, 0.5) is 4.39 Å². The van der Waals surface area contributed by atoms with Crippen molar-refractivity contribution in [3.8, 4) is 11.5 Å². The zero-order chi connectivity index (χ0) is 18.5. The molecule has 1 aliphatic heterocycles. The molecule has 1 heterocycles. The van der Waals surface area contributed by atoms with Crippen LogP contribution in [0.15, 0.2) is 36.4 Å². The lowest BCUT2D eigenvalue weighted by Gasteiger charge is -2.20. The molecule has 0 saturated carbocycles. The summed E-state index contributed by atoms with van der Waals surface area (Å²) in [6.45, 7) is 1.16. The Morgan fingerprint density at radius 2 is 1.81 bits per heavy atom. The van der Waals surface area contributed by atoms with Gasteiger partial charge in [-0.15, -0.1) is 0 Å². The standard InChI is InChI=1S/C19H17ClFNO4/c20-15-9-12(10-17-19(15)26-8-7-25-17)11-22-18(24)6-5-16(23)13-1-3-14(21)4-2-13/h1-4,9-10H,5-8,11H2,(H,22,24). The maximum Gasteiger partial charge on any atom is 0.220 e. The van der Waals surface area contributed by atoms with Crippen molar-refractivity contribution in [3.63, 3.8) is 0 Å². The predicted molar refractivity (Wildman–Crippen MR) is 94.3 cm³/mol. The highest BCUT2D eigenvalue weighted by Gasteiger charge is 2.17. The molecule has 0 atom stereocenters. The van der Waals surface area contributed by atoms with Gasteiger partial charge in [-0.05, 0) is 42.0 Å². The molecule has 0 spiro atoms. The van der Waals surface area contributed by atoms with Gasteiger partial charge in [-0.2, -0.15) is 0 Å². The molecule has 0 fully saturated rings. The van der Waals surface area contributed by atoms with Gasteiger partial charge in [0.1, 0.15) is 19.0 Å². The first-order valence-corrected chi connectivity index (χ1v) is 8.54. The fraction of sp³-hybridized carbons (Fsp3) is 0.263. The Labute approximate surface area is 155 Å². The van der Waals surface area contributed by atoms with Crippen LogP contribution >= 0.6 is 11.6 Å². The number of rotatable bonds is 6. The third-order valence-electron chi connectivity index (χ3n) is 3.89. The largest absolute Gasteiger partial charge is 0.486 e. The van der Waals surface area contributed by atoms with Crippen LogP contribution in [-0.2, 0) is 11.3 Å². The number of hydrogen-bond donors (Lipinski definition) is 1. The molecule has 0 unspecified atom stereocenters. The molecule has 2 aromatic carbocycles. The SMILES string of the molecule is O=C(CCC(=O)c1ccc(F)cc1)NCc1cc(Cl)c2c(c1)OCCO2. The van der Waals surface area contributed by atoms with E-state index in [-0.39, 0.29) is 31.1 Å². The molecule has 1 N–H and O–H groups in total. The Kier molecular flexibility index (Phi) is 5.73. The average Bonchev–Trinajstić information content (AvgIpc) is 2.65. The minimum Gasteiger partial charge on any atom is -0.486 e. The third-order valence-corrected chi connectivity index (χ3v) is 4.17. The summed E-state index contributed by atoms with van der Waals surface area (Å²) in [5.41, 5.74) is 1.16. The number of Topliss-reactive ketones (excluding diaryl/α,β-unsaturated/α-hetero) is 1. The molecule has 5 nitrogen and oxygen atoms in total. The minimum absolute atomic E-state index is 0.0501. The lowest BCUT2D eigenvalue weighted by atomic mass is 10.1. The van der Waals surface area contributed by atoms with E-state index in [0.717, 1.165) is 5.56 Å².